The summed E-state index contributed by atoms with van der Waals surface area (Å²) in [6.07, 6.45) is 5.29. The van der Waals surface area contributed by atoms with Gasteiger partial charge in [-0.05, 0) is 62.4 Å². The maximum absolute atomic E-state index is 12.4. The SMILES string of the molecule is Cl.NC[C@H]1CCC[C@H]1C(=O)Nc1ccc(OCc2noc(C3CC3)n2)cc1. The number of anilines is 1. The van der Waals surface area contributed by atoms with Crippen molar-refractivity contribution < 1.29 is 14.1 Å². The molecule has 0 bridgehead atoms. The molecule has 1 amide bonds. The van der Waals surface area contributed by atoms with E-state index in [4.69, 9.17) is 15.0 Å². The van der Waals surface area contributed by atoms with Gasteiger partial charge in [-0.1, -0.05) is 11.6 Å². The molecule has 7 nitrogen and oxygen atoms in total. The highest BCUT2D eigenvalue weighted by molar-refractivity contribution is 5.93. The van der Waals surface area contributed by atoms with Gasteiger partial charge >= 0.3 is 0 Å². The lowest BCUT2D eigenvalue weighted by Crippen LogP contribution is -2.29. The summed E-state index contributed by atoms with van der Waals surface area (Å²) in [5, 5.41) is 6.91. The molecule has 4 rings (SSSR count). The van der Waals surface area contributed by atoms with Crippen molar-refractivity contribution in [3.63, 3.8) is 0 Å². The molecule has 1 heterocycles. The van der Waals surface area contributed by atoms with Crippen molar-refractivity contribution in [3.8, 4) is 5.75 Å². The maximum Gasteiger partial charge on any atom is 0.229 e. The van der Waals surface area contributed by atoms with Gasteiger partial charge in [0.1, 0.15) is 5.75 Å². The number of halogens is 1. The summed E-state index contributed by atoms with van der Waals surface area (Å²) in [5.41, 5.74) is 6.53. The topological polar surface area (TPSA) is 103 Å². The predicted molar refractivity (Wildman–Crippen MR) is 103 cm³/mol. The summed E-state index contributed by atoms with van der Waals surface area (Å²) in [6, 6.07) is 7.33. The molecular formula is C19H25ClN4O3. The highest BCUT2D eigenvalue weighted by Crippen LogP contribution is 2.38. The van der Waals surface area contributed by atoms with Gasteiger partial charge in [-0.2, -0.15) is 4.98 Å². The summed E-state index contributed by atoms with van der Waals surface area (Å²) >= 11 is 0. The first-order valence-electron chi connectivity index (χ1n) is 9.29. The van der Waals surface area contributed by atoms with E-state index in [9.17, 15) is 4.79 Å². The number of aromatic nitrogens is 2. The van der Waals surface area contributed by atoms with Crippen molar-refractivity contribution in [2.75, 3.05) is 11.9 Å². The quantitative estimate of drug-likeness (QED) is 0.749. The van der Waals surface area contributed by atoms with Crippen LogP contribution in [-0.4, -0.2) is 22.6 Å². The Labute approximate surface area is 164 Å². The molecule has 2 atom stereocenters. The lowest BCUT2D eigenvalue weighted by Gasteiger charge is -2.17. The Morgan fingerprint density at radius 3 is 2.70 bits per heavy atom. The third kappa shape index (κ3) is 4.78. The Balaban J connectivity index is 0.00000210. The first-order valence-corrected chi connectivity index (χ1v) is 9.29. The van der Waals surface area contributed by atoms with E-state index in [-0.39, 0.29) is 30.8 Å². The number of hydrogen-bond acceptors (Lipinski definition) is 6. The minimum atomic E-state index is 0. The number of nitrogens with one attached hydrogen (secondary N) is 1. The molecule has 8 heteroatoms. The first kappa shape index (κ1) is 19.6. The minimum Gasteiger partial charge on any atom is -0.485 e. The molecule has 1 aromatic heterocycles. The Morgan fingerprint density at radius 1 is 1.22 bits per heavy atom. The van der Waals surface area contributed by atoms with Crippen LogP contribution >= 0.6 is 12.4 Å². The maximum atomic E-state index is 12.4. The van der Waals surface area contributed by atoms with Crippen LogP contribution in [0.4, 0.5) is 5.69 Å². The normalized spacial score (nSPS) is 21.5. The van der Waals surface area contributed by atoms with E-state index in [2.05, 4.69) is 15.5 Å². The Bertz CT molecular complexity index is 761. The van der Waals surface area contributed by atoms with Crippen LogP contribution in [0.25, 0.3) is 0 Å². The van der Waals surface area contributed by atoms with Gasteiger partial charge in [-0.3, -0.25) is 4.79 Å². The van der Waals surface area contributed by atoms with E-state index in [1.807, 2.05) is 24.3 Å². The van der Waals surface area contributed by atoms with Crippen LogP contribution in [0.5, 0.6) is 5.75 Å². The van der Waals surface area contributed by atoms with Crippen molar-refractivity contribution in [1.29, 1.82) is 0 Å². The second-order valence-corrected chi connectivity index (χ2v) is 7.16. The van der Waals surface area contributed by atoms with Crippen LogP contribution in [0, 0.1) is 11.8 Å². The second-order valence-electron chi connectivity index (χ2n) is 7.16. The molecule has 27 heavy (non-hydrogen) atoms. The van der Waals surface area contributed by atoms with Gasteiger partial charge in [0.15, 0.2) is 6.61 Å². The van der Waals surface area contributed by atoms with Crippen molar-refractivity contribution >= 4 is 24.0 Å². The summed E-state index contributed by atoms with van der Waals surface area (Å²) in [7, 11) is 0. The molecule has 2 fully saturated rings. The molecule has 2 aliphatic carbocycles. The van der Waals surface area contributed by atoms with E-state index in [1.54, 1.807) is 0 Å². The van der Waals surface area contributed by atoms with E-state index in [0.29, 0.717) is 35.8 Å². The zero-order valence-electron chi connectivity index (χ0n) is 15.1. The highest BCUT2D eigenvalue weighted by Gasteiger charge is 2.32. The predicted octanol–water partition coefficient (Wildman–Crippen LogP) is 3.26. The average Bonchev–Trinajstić information content (AvgIpc) is 3.21. The van der Waals surface area contributed by atoms with Crippen LogP contribution in [0.2, 0.25) is 0 Å². The van der Waals surface area contributed by atoms with Gasteiger partial charge in [-0.15, -0.1) is 12.4 Å². The molecule has 0 saturated heterocycles. The van der Waals surface area contributed by atoms with Gasteiger partial charge < -0.3 is 20.3 Å². The summed E-state index contributed by atoms with van der Waals surface area (Å²) in [5.74, 6) is 2.79. The molecule has 3 N–H and O–H groups in total. The van der Waals surface area contributed by atoms with E-state index < -0.39 is 0 Å². The molecule has 0 radical (unpaired) electrons. The number of hydrogen-bond donors (Lipinski definition) is 2. The number of nitrogens with zero attached hydrogens (tertiary/aromatic N) is 2. The van der Waals surface area contributed by atoms with Crippen LogP contribution in [-0.2, 0) is 11.4 Å². The van der Waals surface area contributed by atoms with Crippen molar-refractivity contribution in [2.24, 2.45) is 17.6 Å². The Kier molecular flexibility index (Phi) is 6.34. The first-order chi connectivity index (χ1) is 12.7. The monoisotopic (exact) mass is 392 g/mol. The van der Waals surface area contributed by atoms with Crippen LogP contribution < -0.4 is 15.8 Å². The standard InChI is InChI=1S/C19H24N4O3.ClH/c20-10-13-2-1-3-16(13)18(24)21-14-6-8-15(9-7-14)25-11-17-22-19(26-23-17)12-4-5-12;/h6-9,12-13,16H,1-5,10-11,20H2,(H,21,24);1H/t13-,16-;/m1./s1. The third-order valence-corrected chi connectivity index (χ3v) is 5.20. The molecule has 0 unspecified atom stereocenters. The van der Waals surface area contributed by atoms with Gasteiger partial charge in [0.25, 0.3) is 0 Å². The number of rotatable bonds is 7. The van der Waals surface area contributed by atoms with Crippen LogP contribution in [0.1, 0.15) is 49.7 Å². The number of carbonyl (C=O) groups excluding carboxylic acids is 1. The third-order valence-electron chi connectivity index (χ3n) is 5.20. The highest BCUT2D eigenvalue weighted by atomic mass is 35.5. The number of benzene rings is 1. The fourth-order valence-electron chi connectivity index (χ4n) is 3.50. The molecule has 0 aliphatic heterocycles. The largest absolute Gasteiger partial charge is 0.485 e. The Morgan fingerprint density at radius 2 is 2.00 bits per heavy atom. The number of amides is 1. The average molecular weight is 393 g/mol. The number of carbonyl (C=O) groups is 1. The zero-order valence-corrected chi connectivity index (χ0v) is 15.9. The molecule has 2 saturated carbocycles. The van der Waals surface area contributed by atoms with Gasteiger partial charge in [0.2, 0.25) is 17.6 Å². The van der Waals surface area contributed by atoms with Crippen molar-refractivity contribution in [3.05, 3.63) is 36.0 Å². The number of ether oxygens (including phenoxy) is 1. The molecule has 1 aromatic carbocycles. The second kappa shape index (κ2) is 8.71. The van der Waals surface area contributed by atoms with Gasteiger partial charge in [0.05, 0.1) is 0 Å². The lowest BCUT2D eigenvalue weighted by molar-refractivity contribution is -0.120. The van der Waals surface area contributed by atoms with E-state index in [0.717, 1.165) is 37.8 Å². The smallest absolute Gasteiger partial charge is 0.229 e. The molecule has 2 aliphatic rings. The molecule has 2 aromatic rings. The molecule has 146 valence electrons. The minimum absolute atomic E-state index is 0. The fourth-order valence-corrected chi connectivity index (χ4v) is 3.50. The van der Waals surface area contributed by atoms with Crippen LogP contribution in [0.3, 0.4) is 0 Å². The van der Waals surface area contributed by atoms with Gasteiger partial charge in [-0.25, -0.2) is 0 Å². The molecular weight excluding hydrogens is 368 g/mol. The molecule has 0 spiro atoms. The van der Waals surface area contributed by atoms with Crippen molar-refractivity contribution in [2.45, 2.75) is 44.6 Å². The summed E-state index contributed by atoms with van der Waals surface area (Å²) in [4.78, 5) is 16.8. The Hall–Kier alpha value is -2.12. The number of nitrogens with two attached hydrogens (primary N) is 1. The fraction of sp³-hybridized carbons (Fsp3) is 0.526. The summed E-state index contributed by atoms with van der Waals surface area (Å²) in [6.45, 7) is 0.839. The van der Waals surface area contributed by atoms with E-state index >= 15 is 0 Å². The van der Waals surface area contributed by atoms with Crippen molar-refractivity contribution in [1.82, 2.24) is 10.1 Å². The summed E-state index contributed by atoms with van der Waals surface area (Å²) < 4.78 is 10.9. The van der Waals surface area contributed by atoms with Gasteiger partial charge in [0, 0.05) is 17.5 Å². The lowest BCUT2D eigenvalue weighted by atomic mass is 9.95. The van der Waals surface area contributed by atoms with Crippen LogP contribution in [0.15, 0.2) is 28.8 Å². The zero-order chi connectivity index (χ0) is 17.9. The van der Waals surface area contributed by atoms with E-state index in [1.165, 1.54) is 0 Å².